The van der Waals surface area contributed by atoms with E-state index in [2.05, 4.69) is 25.3 Å². The van der Waals surface area contributed by atoms with E-state index in [1.807, 2.05) is 43.3 Å². The number of nitrogens with zero attached hydrogens (tertiary/aromatic N) is 2. The maximum Gasteiger partial charge on any atom is 0.263 e. The summed E-state index contributed by atoms with van der Waals surface area (Å²) in [7, 11) is -3.83. The van der Waals surface area contributed by atoms with Gasteiger partial charge in [0.05, 0.1) is 34.4 Å². The van der Waals surface area contributed by atoms with Gasteiger partial charge in [-0.1, -0.05) is 24.3 Å². The third-order valence-electron chi connectivity index (χ3n) is 4.55. The van der Waals surface area contributed by atoms with Crippen molar-refractivity contribution >= 4 is 55.6 Å². The van der Waals surface area contributed by atoms with Crippen molar-refractivity contribution in [3.05, 3.63) is 79.0 Å². The molecule has 0 unspecified atom stereocenters. The quantitative estimate of drug-likeness (QED) is 0.329. The predicted molar refractivity (Wildman–Crippen MR) is 134 cm³/mol. The molecule has 0 atom stereocenters. The minimum atomic E-state index is -3.83. The van der Waals surface area contributed by atoms with Crippen LogP contribution in [0, 0.1) is 0 Å². The molecule has 8 nitrogen and oxygen atoms in total. The number of anilines is 3. The van der Waals surface area contributed by atoms with Crippen molar-refractivity contribution in [2.24, 2.45) is 0 Å². The summed E-state index contributed by atoms with van der Waals surface area (Å²) in [6, 6.07) is 20.9. The molecule has 0 saturated heterocycles. The molecule has 3 aromatic carbocycles. The number of benzene rings is 3. The van der Waals surface area contributed by atoms with Crippen LogP contribution in [0.2, 0.25) is 0 Å². The number of ether oxygens (including phenoxy) is 1. The largest absolute Gasteiger partial charge is 0.492 e. The van der Waals surface area contributed by atoms with Crippen LogP contribution in [0.15, 0.2) is 83.9 Å². The summed E-state index contributed by atoms with van der Waals surface area (Å²) in [5.41, 5.74) is 2.65. The number of nitrogens with one attached hydrogen (secondary N) is 3. The Bertz CT molecular complexity index is 1390. The van der Waals surface area contributed by atoms with E-state index in [4.69, 9.17) is 17.0 Å². The van der Waals surface area contributed by atoms with Gasteiger partial charge in [-0.2, -0.15) is 0 Å². The van der Waals surface area contributed by atoms with Crippen LogP contribution in [0.25, 0.3) is 11.0 Å². The average molecular weight is 480 g/mol. The van der Waals surface area contributed by atoms with Gasteiger partial charge in [-0.3, -0.25) is 9.71 Å². The molecule has 0 aliphatic rings. The summed E-state index contributed by atoms with van der Waals surface area (Å²) in [4.78, 5) is 8.62. The Morgan fingerprint density at radius 2 is 1.64 bits per heavy atom. The van der Waals surface area contributed by atoms with Crippen LogP contribution in [-0.2, 0) is 10.0 Å². The molecule has 168 valence electrons. The molecule has 0 fully saturated rings. The Kier molecular flexibility index (Phi) is 6.66. The molecule has 0 bridgehead atoms. The van der Waals surface area contributed by atoms with Crippen LogP contribution in [0.5, 0.6) is 5.75 Å². The highest BCUT2D eigenvalue weighted by atomic mass is 32.2. The number of sulfonamides is 1. The van der Waals surface area contributed by atoms with Gasteiger partial charge in [0.15, 0.2) is 10.9 Å². The lowest BCUT2D eigenvalue weighted by molar-refractivity contribution is 0.342. The minimum absolute atomic E-state index is 0.0866. The Morgan fingerprint density at radius 3 is 2.39 bits per heavy atom. The van der Waals surface area contributed by atoms with Crippen LogP contribution in [-0.4, -0.2) is 30.1 Å². The number of aromatic nitrogens is 2. The molecule has 0 spiro atoms. The number of fused-ring (bicyclic) bond motifs is 1. The van der Waals surface area contributed by atoms with E-state index in [-0.39, 0.29) is 10.7 Å². The highest BCUT2D eigenvalue weighted by molar-refractivity contribution is 7.92. The molecule has 1 aromatic heterocycles. The minimum Gasteiger partial charge on any atom is -0.492 e. The predicted octanol–water partition coefficient (Wildman–Crippen LogP) is 4.64. The number of para-hydroxylation sites is 4. The van der Waals surface area contributed by atoms with Crippen molar-refractivity contribution in [2.45, 2.75) is 11.8 Å². The summed E-state index contributed by atoms with van der Waals surface area (Å²) in [5.74, 6) is 0.836. The van der Waals surface area contributed by atoms with Crippen molar-refractivity contribution in [2.75, 3.05) is 22.0 Å². The second kappa shape index (κ2) is 9.80. The van der Waals surface area contributed by atoms with Crippen molar-refractivity contribution in [1.82, 2.24) is 9.97 Å². The molecule has 0 radical (unpaired) electrons. The Morgan fingerprint density at radius 1 is 0.939 bits per heavy atom. The fourth-order valence-electron chi connectivity index (χ4n) is 3.06. The van der Waals surface area contributed by atoms with Crippen LogP contribution in [0.4, 0.5) is 17.2 Å². The normalized spacial score (nSPS) is 11.1. The highest BCUT2D eigenvalue weighted by Gasteiger charge is 2.15. The number of hydrogen-bond acceptors (Lipinski definition) is 6. The Labute approximate surface area is 197 Å². The van der Waals surface area contributed by atoms with Crippen LogP contribution in [0.3, 0.4) is 0 Å². The Balaban J connectivity index is 1.43. The fraction of sp³-hybridized carbons (Fsp3) is 0.0870. The van der Waals surface area contributed by atoms with E-state index >= 15 is 0 Å². The van der Waals surface area contributed by atoms with Gasteiger partial charge >= 0.3 is 0 Å². The molecular formula is C23H21N5O3S2. The van der Waals surface area contributed by atoms with E-state index in [9.17, 15) is 8.42 Å². The van der Waals surface area contributed by atoms with Crippen LogP contribution < -0.4 is 20.1 Å². The monoisotopic (exact) mass is 479 g/mol. The number of hydrogen-bond donors (Lipinski definition) is 3. The molecule has 0 aliphatic heterocycles. The summed E-state index contributed by atoms with van der Waals surface area (Å²) >= 11 is 5.37. The maximum absolute atomic E-state index is 12.8. The molecule has 0 saturated carbocycles. The Hall–Kier alpha value is -3.76. The van der Waals surface area contributed by atoms with E-state index in [0.717, 1.165) is 5.69 Å². The van der Waals surface area contributed by atoms with Gasteiger partial charge in [0.2, 0.25) is 0 Å². The van der Waals surface area contributed by atoms with E-state index in [0.29, 0.717) is 34.2 Å². The zero-order valence-corrected chi connectivity index (χ0v) is 19.3. The molecule has 3 N–H and O–H groups in total. The first kappa shape index (κ1) is 22.4. The summed E-state index contributed by atoms with van der Waals surface area (Å²) < 4.78 is 33.6. The molecular weight excluding hydrogens is 458 g/mol. The zero-order chi connectivity index (χ0) is 23.3. The maximum atomic E-state index is 12.8. The van der Waals surface area contributed by atoms with Crippen LogP contribution in [0.1, 0.15) is 6.92 Å². The molecule has 4 rings (SSSR count). The van der Waals surface area contributed by atoms with Crippen molar-refractivity contribution in [3.63, 3.8) is 0 Å². The van der Waals surface area contributed by atoms with Gasteiger partial charge in [0, 0.05) is 5.69 Å². The molecule has 10 heteroatoms. The summed E-state index contributed by atoms with van der Waals surface area (Å²) in [6.07, 6.45) is 1.39. The third kappa shape index (κ3) is 5.54. The van der Waals surface area contributed by atoms with Gasteiger partial charge in [-0.25, -0.2) is 13.4 Å². The lowest BCUT2D eigenvalue weighted by Crippen LogP contribution is -2.20. The second-order valence-electron chi connectivity index (χ2n) is 6.88. The summed E-state index contributed by atoms with van der Waals surface area (Å²) in [5, 5.41) is 6.47. The molecule has 0 aliphatic carbocycles. The first-order valence-electron chi connectivity index (χ1n) is 10.1. The van der Waals surface area contributed by atoms with E-state index in [1.54, 1.807) is 24.3 Å². The molecule has 0 amide bonds. The van der Waals surface area contributed by atoms with Crippen molar-refractivity contribution in [1.29, 1.82) is 0 Å². The first-order chi connectivity index (χ1) is 15.9. The van der Waals surface area contributed by atoms with E-state index in [1.165, 1.54) is 18.3 Å². The van der Waals surface area contributed by atoms with E-state index < -0.39 is 10.0 Å². The standard InChI is InChI=1S/C23H21N5O3S2/c1-2-31-21-10-6-5-9-20(21)27-23(32)25-16-11-13-17(14-12-16)33(29,30)28-22-15-24-18-7-3-4-8-19(18)26-22/h3-15H,2H2,1H3,(H,26,28)(H2,25,27,32). The molecule has 1 heterocycles. The smallest absolute Gasteiger partial charge is 0.263 e. The topological polar surface area (TPSA) is 105 Å². The van der Waals surface area contributed by atoms with Gasteiger partial charge in [-0.15, -0.1) is 0 Å². The molecule has 33 heavy (non-hydrogen) atoms. The second-order valence-corrected chi connectivity index (χ2v) is 8.97. The average Bonchev–Trinajstić information content (AvgIpc) is 2.80. The van der Waals surface area contributed by atoms with Gasteiger partial charge in [0.25, 0.3) is 10.0 Å². The SMILES string of the molecule is CCOc1ccccc1NC(=S)Nc1ccc(S(=O)(=O)Nc2cnc3ccccc3n2)cc1. The lowest BCUT2D eigenvalue weighted by atomic mass is 10.3. The third-order valence-corrected chi connectivity index (χ3v) is 6.12. The number of thiocarbonyl (C=S) groups is 1. The highest BCUT2D eigenvalue weighted by Crippen LogP contribution is 2.24. The van der Waals surface area contributed by atoms with Gasteiger partial charge in [-0.05, 0) is 67.7 Å². The first-order valence-corrected chi connectivity index (χ1v) is 12.0. The van der Waals surface area contributed by atoms with Crippen molar-refractivity contribution < 1.29 is 13.2 Å². The van der Waals surface area contributed by atoms with Gasteiger partial charge in [0.1, 0.15) is 5.75 Å². The lowest BCUT2D eigenvalue weighted by Gasteiger charge is -2.14. The van der Waals surface area contributed by atoms with Crippen LogP contribution >= 0.6 is 12.2 Å². The molecule has 4 aromatic rings. The zero-order valence-electron chi connectivity index (χ0n) is 17.6. The fourth-order valence-corrected chi connectivity index (χ4v) is 4.27. The van der Waals surface area contributed by atoms with Gasteiger partial charge < -0.3 is 15.4 Å². The summed E-state index contributed by atoms with van der Waals surface area (Å²) in [6.45, 7) is 2.44. The number of rotatable bonds is 7. The van der Waals surface area contributed by atoms with Crippen molar-refractivity contribution in [3.8, 4) is 5.75 Å².